The average molecular weight is 304 g/mol. The quantitative estimate of drug-likeness (QED) is 0.593. The van der Waals surface area contributed by atoms with Crippen molar-refractivity contribution in [2.75, 3.05) is 26.7 Å². The van der Waals surface area contributed by atoms with Gasteiger partial charge in [-0.25, -0.2) is 0 Å². The van der Waals surface area contributed by atoms with E-state index in [9.17, 15) is 0 Å². The van der Waals surface area contributed by atoms with Crippen LogP contribution in [-0.4, -0.2) is 49.7 Å². The molecule has 0 saturated carbocycles. The third-order valence-corrected chi connectivity index (χ3v) is 4.09. The molecule has 5 heteroatoms. The van der Waals surface area contributed by atoms with Gasteiger partial charge in [0.1, 0.15) is 0 Å². The first-order valence-electron chi connectivity index (χ1n) is 8.04. The zero-order valence-electron chi connectivity index (χ0n) is 13.7. The molecule has 1 aromatic carbocycles. The lowest BCUT2D eigenvalue weighted by Gasteiger charge is -2.23. The molecule has 5 nitrogen and oxygen atoms in total. The largest absolute Gasteiger partial charge is 0.376 e. The first-order valence-corrected chi connectivity index (χ1v) is 8.04. The molecule has 0 bridgehead atoms. The lowest BCUT2D eigenvalue weighted by atomic mass is 10.2. The van der Waals surface area contributed by atoms with Crippen LogP contribution in [0.2, 0.25) is 0 Å². The molecule has 0 radical (unpaired) electrons. The molecule has 0 spiro atoms. The van der Waals surface area contributed by atoms with Gasteiger partial charge in [0.2, 0.25) is 0 Å². The second kappa shape index (κ2) is 8.76. The Kier molecular flexibility index (Phi) is 6.68. The summed E-state index contributed by atoms with van der Waals surface area (Å²) in [5.74, 6) is 0.510. The van der Waals surface area contributed by atoms with Crippen molar-refractivity contribution >= 4 is 5.96 Å². The van der Waals surface area contributed by atoms with E-state index in [1.165, 1.54) is 5.56 Å². The number of benzene rings is 1. The Morgan fingerprint density at radius 1 is 1.45 bits per heavy atom. The molecule has 2 unspecified atom stereocenters. The summed E-state index contributed by atoms with van der Waals surface area (Å²) in [6.45, 7) is 5.39. The highest BCUT2D eigenvalue weighted by Crippen LogP contribution is 2.10. The number of ether oxygens (including phenoxy) is 1. The second-order valence-corrected chi connectivity index (χ2v) is 5.99. The van der Waals surface area contributed by atoms with Gasteiger partial charge < -0.3 is 15.8 Å². The van der Waals surface area contributed by atoms with Gasteiger partial charge in [0.05, 0.1) is 12.6 Å². The Morgan fingerprint density at radius 3 is 2.91 bits per heavy atom. The summed E-state index contributed by atoms with van der Waals surface area (Å²) in [6, 6.07) is 10.8. The van der Waals surface area contributed by atoms with E-state index in [2.05, 4.69) is 53.4 Å². The van der Waals surface area contributed by atoms with Crippen molar-refractivity contribution < 1.29 is 4.74 Å². The maximum absolute atomic E-state index is 5.92. The summed E-state index contributed by atoms with van der Waals surface area (Å²) < 4.78 is 5.55. The van der Waals surface area contributed by atoms with Crippen molar-refractivity contribution in [3.63, 3.8) is 0 Å². The van der Waals surface area contributed by atoms with Crippen molar-refractivity contribution in [2.45, 2.75) is 38.5 Å². The smallest absolute Gasteiger partial charge is 0.188 e. The number of nitrogens with one attached hydrogen (secondary N) is 1. The molecule has 1 saturated heterocycles. The molecule has 1 aliphatic rings. The maximum Gasteiger partial charge on any atom is 0.188 e. The molecular formula is C17H28N4O. The molecule has 0 aromatic heterocycles. The molecule has 22 heavy (non-hydrogen) atoms. The van der Waals surface area contributed by atoms with E-state index in [1.54, 1.807) is 0 Å². The number of aliphatic imine (C=N–C) groups is 1. The van der Waals surface area contributed by atoms with Crippen LogP contribution in [0.5, 0.6) is 0 Å². The fraction of sp³-hybridized carbons (Fsp3) is 0.588. The third-order valence-electron chi connectivity index (χ3n) is 4.09. The second-order valence-electron chi connectivity index (χ2n) is 5.99. The van der Waals surface area contributed by atoms with Gasteiger partial charge in [-0.3, -0.25) is 9.89 Å². The minimum Gasteiger partial charge on any atom is -0.376 e. The van der Waals surface area contributed by atoms with Crippen LogP contribution >= 0.6 is 0 Å². The van der Waals surface area contributed by atoms with E-state index in [1.807, 2.05) is 6.07 Å². The van der Waals surface area contributed by atoms with Gasteiger partial charge >= 0.3 is 0 Å². The molecule has 1 aromatic rings. The normalized spacial score (nSPS) is 20.3. The van der Waals surface area contributed by atoms with Gasteiger partial charge in [-0.1, -0.05) is 30.3 Å². The Morgan fingerprint density at radius 2 is 2.23 bits per heavy atom. The lowest BCUT2D eigenvalue weighted by molar-refractivity contribution is 0.114. The summed E-state index contributed by atoms with van der Waals surface area (Å²) in [5, 5.41) is 3.15. The predicted molar refractivity (Wildman–Crippen MR) is 90.8 cm³/mol. The van der Waals surface area contributed by atoms with Gasteiger partial charge in [-0.05, 0) is 32.4 Å². The molecule has 2 atom stereocenters. The van der Waals surface area contributed by atoms with Gasteiger partial charge in [0.25, 0.3) is 0 Å². The number of likely N-dealkylation sites (N-methyl/N-ethyl adjacent to an activating group) is 1. The highest BCUT2D eigenvalue weighted by atomic mass is 16.5. The number of rotatable bonds is 7. The van der Waals surface area contributed by atoms with Gasteiger partial charge in [-0.2, -0.15) is 0 Å². The molecule has 122 valence electrons. The molecule has 0 amide bonds. The average Bonchev–Trinajstić information content (AvgIpc) is 3.05. The van der Waals surface area contributed by atoms with Crippen LogP contribution in [-0.2, 0) is 11.3 Å². The van der Waals surface area contributed by atoms with Crippen molar-refractivity contribution in [3.05, 3.63) is 35.9 Å². The molecule has 1 fully saturated rings. The fourth-order valence-electron chi connectivity index (χ4n) is 2.48. The van der Waals surface area contributed by atoms with E-state index in [0.29, 0.717) is 18.5 Å². The standard InChI is InChI=1S/C17H28N4O/c1-14(21(2)13-15-7-4-3-5-8-15)11-19-17(18)20-12-16-9-6-10-22-16/h3-5,7-8,14,16H,6,9-13H2,1-2H3,(H3,18,19,20). The van der Waals surface area contributed by atoms with E-state index >= 15 is 0 Å². The van der Waals surface area contributed by atoms with Crippen LogP contribution < -0.4 is 11.1 Å². The first-order chi connectivity index (χ1) is 10.6. The Labute approximate surface area is 133 Å². The minimum absolute atomic E-state index is 0.284. The van der Waals surface area contributed by atoms with E-state index in [4.69, 9.17) is 10.5 Å². The summed E-state index contributed by atoms with van der Waals surface area (Å²) in [5.41, 5.74) is 7.23. The molecule has 3 N–H and O–H groups in total. The van der Waals surface area contributed by atoms with E-state index in [-0.39, 0.29) is 6.10 Å². The van der Waals surface area contributed by atoms with Crippen molar-refractivity contribution in [2.24, 2.45) is 10.7 Å². The number of hydrogen-bond donors (Lipinski definition) is 2. The van der Waals surface area contributed by atoms with Crippen molar-refractivity contribution in [1.82, 2.24) is 10.2 Å². The Hall–Kier alpha value is -1.59. The SMILES string of the molecule is CC(CN=C(N)NCC1CCCO1)N(C)Cc1ccccc1. The Balaban J connectivity index is 1.70. The number of nitrogens with two attached hydrogens (primary N) is 1. The highest BCUT2D eigenvalue weighted by molar-refractivity contribution is 5.77. The van der Waals surface area contributed by atoms with Crippen molar-refractivity contribution in [1.29, 1.82) is 0 Å². The maximum atomic E-state index is 5.92. The van der Waals surface area contributed by atoms with Gasteiger partial charge in [-0.15, -0.1) is 0 Å². The molecule has 0 aliphatic carbocycles. The Bertz CT molecular complexity index is 457. The minimum atomic E-state index is 0.284. The third kappa shape index (κ3) is 5.66. The topological polar surface area (TPSA) is 62.9 Å². The zero-order chi connectivity index (χ0) is 15.8. The summed E-state index contributed by atoms with van der Waals surface area (Å²) >= 11 is 0. The van der Waals surface area contributed by atoms with Gasteiger partial charge in [0, 0.05) is 25.7 Å². The summed E-state index contributed by atoms with van der Waals surface area (Å²) in [4.78, 5) is 6.72. The summed E-state index contributed by atoms with van der Waals surface area (Å²) in [6.07, 6.45) is 2.54. The molecular weight excluding hydrogens is 276 g/mol. The van der Waals surface area contributed by atoms with Crippen LogP contribution in [0, 0.1) is 0 Å². The zero-order valence-corrected chi connectivity index (χ0v) is 13.7. The number of nitrogens with zero attached hydrogens (tertiary/aromatic N) is 2. The number of guanidine groups is 1. The van der Waals surface area contributed by atoms with E-state index in [0.717, 1.165) is 32.5 Å². The van der Waals surface area contributed by atoms with Crippen LogP contribution in [0.25, 0.3) is 0 Å². The van der Waals surface area contributed by atoms with Crippen LogP contribution in [0.3, 0.4) is 0 Å². The van der Waals surface area contributed by atoms with Crippen LogP contribution in [0.15, 0.2) is 35.3 Å². The monoisotopic (exact) mass is 304 g/mol. The molecule has 2 rings (SSSR count). The fourth-order valence-corrected chi connectivity index (χ4v) is 2.48. The van der Waals surface area contributed by atoms with Crippen LogP contribution in [0.1, 0.15) is 25.3 Å². The number of hydrogen-bond acceptors (Lipinski definition) is 3. The first kappa shape index (κ1) is 16.8. The van der Waals surface area contributed by atoms with E-state index < -0.39 is 0 Å². The summed E-state index contributed by atoms with van der Waals surface area (Å²) in [7, 11) is 2.11. The van der Waals surface area contributed by atoms with Crippen molar-refractivity contribution in [3.8, 4) is 0 Å². The van der Waals surface area contributed by atoms with Gasteiger partial charge in [0.15, 0.2) is 5.96 Å². The lowest BCUT2D eigenvalue weighted by Crippen LogP contribution is -2.38. The highest BCUT2D eigenvalue weighted by Gasteiger charge is 2.15. The molecule has 1 heterocycles. The predicted octanol–water partition coefficient (Wildman–Crippen LogP) is 1.59. The van der Waals surface area contributed by atoms with Crippen LogP contribution in [0.4, 0.5) is 0 Å². The molecule has 1 aliphatic heterocycles.